The van der Waals surface area contributed by atoms with Gasteiger partial charge in [0.05, 0.1) is 0 Å². The van der Waals surface area contributed by atoms with Gasteiger partial charge in [-0.25, -0.2) is 4.39 Å². The molecule has 104 valence electrons. The first-order valence-corrected chi connectivity index (χ1v) is 7.11. The minimum atomic E-state index is -0.183. The largest absolute Gasteiger partial charge is 0.384 e. The highest BCUT2D eigenvalue weighted by atomic mass is 19.1. The maximum Gasteiger partial charge on any atom is 0.123 e. The monoisotopic (exact) mass is 270 g/mol. The van der Waals surface area contributed by atoms with Gasteiger partial charge in [0.25, 0.3) is 0 Å². The van der Waals surface area contributed by atoms with Crippen molar-refractivity contribution in [2.24, 2.45) is 0 Å². The lowest BCUT2D eigenvalue weighted by Crippen LogP contribution is -2.29. The zero-order chi connectivity index (χ0) is 13.9. The molecule has 1 aliphatic heterocycles. The van der Waals surface area contributed by atoms with Crippen LogP contribution in [0, 0.1) is 5.82 Å². The Kier molecular flexibility index (Phi) is 3.59. The van der Waals surface area contributed by atoms with Crippen LogP contribution in [0.2, 0.25) is 0 Å². The Morgan fingerprint density at radius 3 is 2.65 bits per heavy atom. The Labute approximate surface area is 119 Å². The number of para-hydroxylation sites is 1. The van der Waals surface area contributed by atoms with Crippen LogP contribution in [-0.4, -0.2) is 19.6 Å². The minimum Gasteiger partial charge on any atom is -0.384 e. The quantitative estimate of drug-likeness (QED) is 0.907. The van der Waals surface area contributed by atoms with Gasteiger partial charge in [0, 0.05) is 36.9 Å². The number of likely N-dealkylation sites (N-methyl/N-ethyl adjacent to an activating group) is 1. The van der Waals surface area contributed by atoms with Crippen LogP contribution in [0.3, 0.4) is 0 Å². The van der Waals surface area contributed by atoms with Crippen LogP contribution in [0.25, 0.3) is 0 Å². The summed E-state index contributed by atoms with van der Waals surface area (Å²) < 4.78 is 13.0. The second-order valence-electron chi connectivity index (χ2n) is 5.18. The number of benzene rings is 2. The summed E-state index contributed by atoms with van der Waals surface area (Å²) in [6.07, 6.45) is 0. The molecule has 0 fully saturated rings. The van der Waals surface area contributed by atoms with E-state index < -0.39 is 0 Å². The van der Waals surface area contributed by atoms with Gasteiger partial charge in [-0.3, -0.25) is 0 Å². The standard InChI is InChI=1S/C17H19FN2/c1-2-20(15-9-7-14(18)8-10-15)12-13-11-19-17-6-4-3-5-16(13)17/h3-10,13,19H,2,11-12H2,1H3. The Morgan fingerprint density at radius 1 is 1.15 bits per heavy atom. The molecule has 0 aromatic heterocycles. The zero-order valence-corrected chi connectivity index (χ0v) is 11.6. The molecule has 3 rings (SSSR count). The van der Waals surface area contributed by atoms with Crippen LogP contribution in [0.15, 0.2) is 48.5 Å². The lowest BCUT2D eigenvalue weighted by atomic mass is 10.0. The van der Waals surface area contributed by atoms with Gasteiger partial charge in [0.2, 0.25) is 0 Å². The molecule has 3 heteroatoms. The van der Waals surface area contributed by atoms with E-state index in [4.69, 9.17) is 0 Å². The first-order valence-electron chi connectivity index (χ1n) is 7.11. The van der Waals surface area contributed by atoms with Crippen molar-refractivity contribution in [2.45, 2.75) is 12.8 Å². The van der Waals surface area contributed by atoms with Crippen LogP contribution >= 0.6 is 0 Å². The number of nitrogens with zero attached hydrogens (tertiary/aromatic N) is 1. The summed E-state index contributed by atoms with van der Waals surface area (Å²) in [5.41, 5.74) is 3.71. The second-order valence-corrected chi connectivity index (χ2v) is 5.18. The molecule has 0 saturated heterocycles. The molecule has 0 saturated carbocycles. The summed E-state index contributed by atoms with van der Waals surface area (Å²) in [4.78, 5) is 2.30. The number of fused-ring (bicyclic) bond motifs is 1. The van der Waals surface area contributed by atoms with Gasteiger partial charge in [0.1, 0.15) is 5.82 Å². The van der Waals surface area contributed by atoms with Crippen molar-refractivity contribution in [3.05, 3.63) is 59.9 Å². The van der Waals surface area contributed by atoms with Crippen molar-refractivity contribution in [3.63, 3.8) is 0 Å². The maximum absolute atomic E-state index is 13.0. The van der Waals surface area contributed by atoms with Gasteiger partial charge in [-0.2, -0.15) is 0 Å². The van der Waals surface area contributed by atoms with Crippen molar-refractivity contribution in [1.82, 2.24) is 0 Å². The van der Waals surface area contributed by atoms with E-state index in [1.54, 1.807) is 0 Å². The number of halogens is 1. The van der Waals surface area contributed by atoms with Gasteiger partial charge in [-0.1, -0.05) is 18.2 Å². The fourth-order valence-corrected chi connectivity index (χ4v) is 2.86. The van der Waals surface area contributed by atoms with Crippen molar-refractivity contribution in [1.29, 1.82) is 0 Å². The van der Waals surface area contributed by atoms with Crippen LogP contribution in [0.4, 0.5) is 15.8 Å². The second kappa shape index (κ2) is 5.53. The third kappa shape index (κ3) is 2.48. The fourth-order valence-electron chi connectivity index (χ4n) is 2.86. The van der Waals surface area contributed by atoms with E-state index >= 15 is 0 Å². The molecule has 0 amide bonds. The highest BCUT2D eigenvalue weighted by Crippen LogP contribution is 2.32. The van der Waals surface area contributed by atoms with Crippen LogP contribution in [0.1, 0.15) is 18.4 Å². The lowest BCUT2D eigenvalue weighted by Gasteiger charge is -2.26. The van der Waals surface area contributed by atoms with Crippen molar-refractivity contribution < 1.29 is 4.39 Å². The van der Waals surface area contributed by atoms with E-state index in [9.17, 15) is 4.39 Å². The smallest absolute Gasteiger partial charge is 0.123 e. The minimum absolute atomic E-state index is 0.183. The number of rotatable bonds is 4. The van der Waals surface area contributed by atoms with E-state index in [2.05, 4.69) is 41.4 Å². The molecule has 0 spiro atoms. The van der Waals surface area contributed by atoms with Gasteiger partial charge in [-0.15, -0.1) is 0 Å². The van der Waals surface area contributed by atoms with Gasteiger partial charge < -0.3 is 10.2 Å². The molecular formula is C17H19FN2. The van der Waals surface area contributed by atoms with Crippen LogP contribution in [-0.2, 0) is 0 Å². The number of hydrogen-bond acceptors (Lipinski definition) is 2. The molecule has 0 radical (unpaired) electrons. The van der Waals surface area contributed by atoms with E-state index in [-0.39, 0.29) is 5.82 Å². The SMILES string of the molecule is CCN(CC1CNc2ccccc21)c1ccc(F)cc1. The molecule has 1 atom stereocenters. The maximum atomic E-state index is 13.0. The molecular weight excluding hydrogens is 251 g/mol. The number of nitrogens with one attached hydrogen (secondary N) is 1. The molecule has 0 aliphatic carbocycles. The molecule has 1 aliphatic rings. The summed E-state index contributed by atoms with van der Waals surface area (Å²) in [5, 5.41) is 3.45. The third-order valence-electron chi connectivity index (χ3n) is 3.95. The molecule has 1 heterocycles. The number of anilines is 2. The van der Waals surface area contributed by atoms with E-state index in [0.717, 1.165) is 25.3 Å². The highest BCUT2D eigenvalue weighted by molar-refractivity contribution is 5.58. The van der Waals surface area contributed by atoms with Gasteiger partial charge >= 0.3 is 0 Å². The summed E-state index contributed by atoms with van der Waals surface area (Å²) in [5.74, 6) is 0.300. The predicted molar refractivity (Wildman–Crippen MR) is 82.0 cm³/mol. The van der Waals surface area contributed by atoms with E-state index in [0.29, 0.717) is 5.92 Å². The molecule has 2 aromatic carbocycles. The van der Waals surface area contributed by atoms with Crippen LogP contribution in [0.5, 0.6) is 0 Å². The van der Waals surface area contributed by atoms with Crippen molar-refractivity contribution in [2.75, 3.05) is 29.9 Å². The predicted octanol–water partition coefficient (Wildman–Crippen LogP) is 3.86. The number of hydrogen-bond donors (Lipinski definition) is 1. The average Bonchev–Trinajstić information content (AvgIpc) is 2.89. The Hall–Kier alpha value is -2.03. The summed E-state index contributed by atoms with van der Waals surface area (Å²) in [6, 6.07) is 15.2. The summed E-state index contributed by atoms with van der Waals surface area (Å²) >= 11 is 0. The topological polar surface area (TPSA) is 15.3 Å². The normalized spacial score (nSPS) is 16.6. The van der Waals surface area contributed by atoms with Gasteiger partial charge in [0.15, 0.2) is 0 Å². The van der Waals surface area contributed by atoms with Gasteiger partial charge in [-0.05, 0) is 42.8 Å². The summed E-state index contributed by atoms with van der Waals surface area (Å²) in [6.45, 7) is 4.98. The van der Waals surface area contributed by atoms with Crippen molar-refractivity contribution in [3.8, 4) is 0 Å². The van der Waals surface area contributed by atoms with E-state index in [1.165, 1.54) is 23.4 Å². The molecule has 20 heavy (non-hydrogen) atoms. The molecule has 2 aromatic rings. The Morgan fingerprint density at radius 2 is 1.90 bits per heavy atom. The van der Waals surface area contributed by atoms with Crippen LogP contribution < -0.4 is 10.2 Å². The summed E-state index contributed by atoms with van der Waals surface area (Å²) in [7, 11) is 0. The zero-order valence-electron chi connectivity index (χ0n) is 11.6. The Bertz CT molecular complexity index is 580. The average molecular weight is 270 g/mol. The lowest BCUT2D eigenvalue weighted by molar-refractivity contribution is 0.626. The van der Waals surface area contributed by atoms with E-state index in [1.807, 2.05) is 12.1 Å². The molecule has 1 N–H and O–H groups in total. The fraction of sp³-hybridized carbons (Fsp3) is 0.294. The highest BCUT2D eigenvalue weighted by Gasteiger charge is 2.23. The molecule has 2 nitrogen and oxygen atoms in total. The molecule has 0 bridgehead atoms. The first-order chi connectivity index (χ1) is 9.78. The third-order valence-corrected chi connectivity index (χ3v) is 3.95. The van der Waals surface area contributed by atoms with Crippen molar-refractivity contribution >= 4 is 11.4 Å². The Balaban J connectivity index is 1.78. The first kappa shape index (κ1) is 13.0. The molecule has 1 unspecified atom stereocenters.